The van der Waals surface area contributed by atoms with Crippen LogP contribution in [-0.2, 0) is 6.54 Å². The number of anilines is 1. The molecule has 3 N–H and O–H groups in total. The van der Waals surface area contributed by atoms with Gasteiger partial charge in [-0.15, -0.1) is 0 Å². The van der Waals surface area contributed by atoms with Crippen molar-refractivity contribution in [3.8, 4) is 0 Å². The number of aromatic nitrogens is 1. The van der Waals surface area contributed by atoms with Crippen molar-refractivity contribution >= 4 is 23.3 Å². The molecule has 0 spiro atoms. The number of halogens is 1. The van der Waals surface area contributed by atoms with Crippen LogP contribution in [0.4, 0.5) is 5.82 Å². The molecule has 0 radical (unpaired) electrons. The number of nitrogens with two attached hydrogens (primary N) is 1. The third kappa shape index (κ3) is 3.48. The fourth-order valence-corrected chi connectivity index (χ4v) is 2.21. The van der Waals surface area contributed by atoms with E-state index in [1.807, 2.05) is 49.2 Å². The molecular weight excluding hydrogens is 272 g/mol. The summed E-state index contributed by atoms with van der Waals surface area (Å²) in [6.07, 6.45) is 0. The minimum atomic E-state index is 0.0490. The Morgan fingerprint density at radius 3 is 2.75 bits per heavy atom. The molecule has 2 aromatic rings. The second kappa shape index (κ2) is 5.92. The predicted octanol–water partition coefficient (Wildman–Crippen LogP) is 2.96. The Hall–Kier alpha value is -2.07. The van der Waals surface area contributed by atoms with Crippen LogP contribution in [0.3, 0.4) is 0 Å². The molecular formula is C15H17ClN4. The van der Waals surface area contributed by atoms with Crippen LogP contribution in [0.1, 0.15) is 16.8 Å². The number of rotatable bonds is 4. The van der Waals surface area contributed by atoms with Crippen molar-refractivity contribution in [2.45, 2.75) is 13.5 Å². The van der Waals surface area contributed by atoms with E-state index >= 15 is 0 Å². The van der Waals surface area contributed by atoms with Gasteiger partial charge < -0.3 is 10.6 Å². The standard InChI is InChI=1S/C15H17ClN4/c1-10-6-12(15(17)18)8-14(19-10)20(2)9-11-4-3-5-13(16)7-11/h3-8H,9H2,1-2H3,(H3,17,18). The van der Waals surface area contributed by atoms with Crippen LogP contribution in [-0.4, -0.2) is 17.9 Å². The van der Waals surface area contributed by atoms with Gasteiger partial charge in [-0.05, 0) is 36.8 Å². The number of amidine groups is 1. The van der Waals surface area contributed by atoms with Gasteiger partial charge in [-0.25, -0.2) is 4.98 Å². The first-order valence-electron chi connectivity index (χ1n) is 6.24. The number of hydrogen-bond acceptors (Lipinski definition) is 3. The quantitative estimate of drug-likeness (QED) is 0.671. The molecule has 0 bridgehead atoms. The smallest absolute Gasteiger partial charge is 0.129 e. The maximum atomic E-state index is 7.53. The molecule has 5 heteroatoms. The zero-order valence-electron chi connectivity index (χ0n) is 11.5. The second-order valence-corrected chi connectivity index (χ2v) is 5.19. The molecule has 0 aliphatic heterocycles. The third-order valence-corrected chi connectivity index (χ3v) is 3.19. The van der Waals surface area contributed by atoms with Gasteiger partial charge in [-0.3, -0.25) is 5.41 Å². The highest BCUT2D eigenvalue weighted by Crippen LogP contribution is 2.18. The molecule has 2 rings (SSSR count). The minimum absolute atomic E-state index is 0.0490. The fraction of sp³-hybridized carbons (Fsp3) is 0.200. The lowest BCUT2D eigenvalue weighted by Crippen LogP contribution is -2.20. The largest absolute Gasteiger partial charge is 0.384 e. The van der Waals surface area contributed by atoms with Crippen LogP contribution in [0.2, 0.25) is 5.02 Å². The molecule has 20 heavy (non-hydrogen) atoms. The highest BCUT2D eigenvalue weighted by Gasteiger charge is 2.08. The van der Waals surface area contributed by atoms with Crippen molar-refractivity contribution in [3.63, 3.8) is 0 Å². The first-order valence-corrected chi connectivity index (χ1v) is 6.62. The summed E-state index contributed by atoms with van der Waals surface area (Å²) in [5.41, 5.74) is 8.17. The molecule has 0 aliphatic rings. The van der Waals surface area contributed by atoms with Gasteiger partial charge in [0.15, 0.2) is 0 Å². The maximum absolute atomic E-state index is 7.53. The van der Waals surface area contributed by atoms with E-state index in [-0.39, 0.29) is 5.84 Å². The summed E-state index contributed by atoms with van der Waals surface area (Å²) < 4.78 is 0. The van der Waals surface area contributed by atoms with E-state index in [4.69, 9.17) is 22.7 Å². The molecule has 0 saturated carbocycles. The molecule has 0 aliphatic carbocycles. The van der Waals surface area contributed by atoms with Crippen molar-refractivity contribution in [1.82, 2.24) is 4.98 Å². The van der Waals surface area contributed by atoms with Crippen LogP contribution in [0.5, 0.6) is 0 Å². The molecule has 104 valence electrons. The van der Waals surface area contributed by atoms with Crippen LogP contribution in [0.15, 0.2) is 36.4 Å². The Labute approximate surface area is 123 Å². The van der Waals surface area contributed by atoms with E-state index in [9.17, 15) is 0 Å². The highest BCUT2D eigenvalue weighted by molar-refractivity contribution is 6.30. The van der Waals surface area contributed by atoms with Crippen LogP contribution < -0.4 is 10.6 Å². The molecule has 1 aromatic heterocycles. The van der Waals surface area contributed by atoms with Crippen LogP contribution in [0, 0.1) is 12.3 Å². The first-order chi connectivity index (χ1) is 9.45. The second-order valence-electron chi connectivity index (χ2n) is 4.76. The number of hydrogen-bond donors (Lipinski definition) is 2. The molecule has 0 atom stereocenters. The number of benzene rings is 1. The Balaban J connectivity index is 2.25. The summed E-state index contributed by atoms with van der Waals surface area (Å²) in [5, 5.41) is 8.25. The van der Waals surface area contributed by atoms with E-state index in [1.165, 1.54) is 0 Å². The monoisotopic (exact) mass is 288 g/mol. The summed E-state index contributed by atoms with van der Waals surface area (Å²) in [4.78, 5) is 6.48. The van der Waals surface area contributed by atoms with E-state index in [1.54, 1.807) is 6.07 Å². The minimum Gasteiger partial charge on any atom is -0.384 e. The molecule has 4 nitrogen and oxygen atoms in total. The van der Waals surface area contributed by atoms with Gasteiger partial charge >= 0.3 is 0 Å². The summed E-state index contributed by atoms with van der Waals surface area (Å²) in [5.74, 6) is 0.836. The van der Waals surface area contributed by atoms with Crippen LogP contribution in [0.25, 0.3) is 0 Å². The number of aryl methyl sites for hydroxylation is 1. The molecule has 0 saturated heterocycles. The van der Waals surface area contributed by atoms with E-state index in [0.29, 0.717) is 12.1 Å². The van der Waals surface area contributed by atoms with Gasteiger partial charge in [0.25, 0.3) is 0 Å². The number of nitrogens with zero attached hydrogens (tertiary/aromatic N) is 2. The fourth-order valence-electron chi connectivity index (χ4n) is 1.99. The van der Waals surface area contributed by atoms with E-state index < -0.39 is 0 Å². The highest BCUT2D eigenvalue weighted by atomic mass is 35.5. The normalized spacial score (nSPS) is 10.3. The van der Waals surface area contributed by atoms with Crippen LogP contribution >= 0.6 is 11.6 Å². The van der Waals surface area contributed by atoms with Gasteiger partial charge in [-0.2, -0.15) is 0 Å². The van der Waals surface area contributed by atoms with Crippen molar-refractivity contribution in [2.24, 2.45) is 5.73 Å². The van der Waals surface area contributed by atoms with E-state index in [2.05, 4.69) is 4.98 Å². The molecule has 1 heterocycles. The number of pyridine rings is 1. The van der Waals surface area contributed by atoms with Crippen molar-refractivity contribution in [3.05, 3.63) is 58.2 Å². The number of nitrogen functional groups attached to an aromatic ring is 1. The van der Waals surface area contributed by atoms with Gasteiger partial charge in [-0.1, -0.05) is 23.7 Å². The molecule has 0 amide bonds. The van der Waals surface area contributed by atoms with Gasteiger partial charge in [0.1, 0.15) is 11.7 Å². The van der Waals surface area contributed by atoms with Gasteiger partial charge in [0.2, 0.25) is 0 Å². The lowest BCUT2D eigenvalue weighted by atomic mass is 10.2. The Morgan fingerprint density at radius 2 is 2.10 bits per heavy atom. The van der Waals surface area contributed by atoms with Crippen molar-refractivity contribution in [1.29, 1.82) is 5.41 Å². The summed E-state index contributed by atoms with van der Waals surface area (Å²) in [7, 11) is 1.95. The molecule has 0 fully saturated rings. The zero-order valence-corrected chi connectivity index (χ0v) is 12.3. The molecule has 0 unspecified atom stereocenters. The predicted molar refractivity (Wildman–Crippen MR) is 83.5 cm³/mol. The number of nitrogens with one attached hydrogen (secondary N) is 1. The lowest BCUT2D eigenvalue weighted by molar-refractivity contribution is 0.892. The average molecular weight is 289 g/mol. The SMILES string of the molecule is Cc1cc(C(=N)N)cc(N(C)Cc2cccc(Cl)c2)n1. The van der Waals surface area contributed by atoms with Crippen molar-refractivity contribution < 1.29 is 0 Å². The maximum Gasteiger partial charge on any atom is 0.129 e. The summed E-state index contributed by atoms with van der Waals surface area (Å²) >= 11 is 5.99. The topological polar surface area (TPSA) is 66.0 Å². The lowest BCUT2D eigenvalue weighted by Gasteiger charge is -2.19. The molecule has 1 aromatic carbocycles. The Morgan fingerprint density at radius 1 is 1.35 bits per heavy atom. The third-order valence-electron chi connectivity index (χ3n) is 2.95. The van der Waals surface area contributed by atoms with E-state index in [0.717, 1.165) is 22.1 Å². The zero-order chi connectivity index (χ0) is 14.7. The summed E-state index contributed by atoms with van der Waals surface area (Å²) in [6, 6.07) is 11.3. The van der Waals surface area contributed by atoms with Gasteiger partial charge in [0.05, 0.1) is 0 Å². The first kappa shape index (κ1) is 14.3. The Kier molecular flexibility index (Phi) is 4.25. The summed E-state index contributed by atoms with van der Waals surface area (Å²) in [6.45, 7) is 2.58. The average Bonchev–Trinajstić information content (AvgIpc) is 2.37. The van der Waals surface area contributed by atoms with Crippen molar-refractivity contribution in [2.75, 3.05) is 11.9 Å². The Bertz CT molecular complexity index is 640. The van der Waals surface area contributed by atoms with Gasteiger partial charge in [0, 0.05) is 29.9 Å².